The second-order valence-corrected chi connectivity index (χ2v) is 8.34. The van der Waals surface area contributed by atoms with Crippen molar-refractivity contribution in [2.24, 2.45) is 0 Å². The molecular formula is C16H16N6O2S. The van der Waals surface area contributed by atoms with Gasteiger partial charge in [-0.3, -0.25) is 4.68 Å². The Morgan fingerprint density at radius 1 is 1.40 bits per heavy atom. The van der Waals surface area contributed by atoms with Crippen LogP contribution in [0.1, 0.15) is 6.42 Å². The van der Waals surface area contributed by atoms with E-state index in [1.807, 2.05) is 24.5 Å². The summed E-state index contributed by atoms with van der Waals surface area (Å²) in [6.07, 6.45) is 8.56. The fourth-order valence-corrected chi connectivity index (χ4v) is 4.21. The predicted octanol–water partition coefficient (Wildman–Crippen LogP) is 1.31. The molecule has 128 valence electrons. The van der Waals surface area contributed by atoms with E-state index in [0.29, 0.717) is 0 Å². The highest BCUT2D eigenvalue weighted by molar-refractivity contribution is 7.88. The van der Waals surface area contributed by atoms with Gasteiger partial charge in [-0.1, -0.05) is 0 Å². The number of nitrogens with zero attached hydrogens (tertiary/aromatic N) is 5. The van der Waals surface area contributed by atoms with Crippen molar-refractivity contribution >= 4 is 21.1 Å². The third-order valence-electron chi connectivity index (χ3n) is 4.66. The van der Waals surface area contributed by atoms with Gasteiger partial charge >= 0.3 is 0 Å². The minimum atomic E-state index is -3.26. The first-order valence-corrected chi connectivity index (χ1v) is 9.57. The maximum absolute atomic E-state index is 11.7. The van der Waals surface area contributed by atoms with E-state index in [1.54, 1.807) is 17.1 Å². The molecule has 8 nitrogen and oxygen atoms in total. The van der Waals surface area contributed by atoms with Crippen LogP contribution in [0.4, 0.5) is 0 Å². The van der Waals surface area contributed by atoms with Gasteiger partial charge in [0.2, 0.25) is 10.0 Å². The van der Waals surface area contributed by atoms with Gasteiger partial charge in [-0.05, 0) is 17.7 Å². The van der Waals surface area contributed by atoms with Crippen molar-refractivity contribution in [3.63, 3.8) is 0 Å². The van der Waals surface area contributed by atoms with Gasteiger partial charge in [-0.15, -0.1) is 0 Å². The van der Waals surface area contributed by atoms with E-state index in [-0.39, 0.29) is 19.5 Å². The van der Waals surface area contributed by atoms with E-state index < -0.39 is 15.6 Å². The lowest BCUT2D eigenvalue weighted by Gasteiger charge is -2.47. The van der Waals surface area contributed by atoms with Gasteiger partial charge in [-0.25, -0.2) is 13.4 Å². The molecule has 1 aliphatic heterocycles. The van der Waals surface area contributed by atoms with Crippen molar-refractivity contribution in [2.75, 3.05) is 19.3 Å². The number of fused-ring (bicyclic) bond motifs is 1. The van der Waals surface area contributed by atoms with Gasteiger partial charge in [0.05, 0.1) is 24.9 Å². The zero-order chi connectivity index (χ0) is 17.7. The van der Waals surface area contributed by atoms with E-state index in [1.165, 1.54) is 10.6 Å². The Labute approximate surface area is 144 Å². The normalized spacial score (nSPS) is 17.3. The molecule has 1 fully saturated rings. The van der Waals surface area contributed by atoms with Crippen LogP contribution in [0.3, 0.4) is 0 Å². The Morgan fingerprint density at radius 2 is 2.20 bits per heavy atom. The Kier molecular flexibility index (Phi) is 3.42. The molecule has 0 amide bonds. The van der Waals surface area contributed by atoms with E-state index in [2.05, 4.69) is 21.1 Å². The summed E-state index contributed by atoms with van der Waals surface area (Å²) in [6.45, 7) is 0.521. The quantitative estimate of drug-likeness (QED) is 0.758. The summed E-state index contributed by atoms with van der Waals surface area (Å²) in [6, 6.07) is 6.03. The van der Waals surface area contributed by atoms with Gasteiger partial charge < -0.3 is 4.98 Å². The van der Waals surface area contributed by atoms with Gasteiger partial charge in [-0.2, -0.15) is 14.7 Å². The van der Waals surface area contributed by atoms with Crippen molar-refractivity contribution in [3.8, 4) is 17.2 Å². The van der Waals surface area contributed by atoms with Crippen LogP contribution in [0.25, 0.3) is 22.2 Å². The predicted molar refractivity (Wildman–Crippen MR) is 91.9 cm³/mol. The monoisotopic (exact) mass is 356 g/mol. The number of rotatable bonds is 4. The molecule has 0 radical (unpaired) electrons. The molecule has 0 unspecified atom stereocenters. The van der Waals surface area contributed by atoms with Crippen LogP contribution >= 0.6 is 0 Å². The fourth-order valence-electron chi connectivity index (χ4n) is 3.26. The van der Waals surface area contributed by atoms with Gasteiger partial charge in [0, 0.05) is 42.6 Å². The molecule has 0 spiro atoms. The van der Waals surface area contributed by atoms with Crippen LogP contribution < -0.4 is 0 Å². The smallest absolute Gasteiger partial charge is 0.211 e. The van der Waals surface area contributed by atoms with Gasteiger partial charge in [0.1, 0.15) is 11.2 Å². The number of nitrogens with one attached hydrogen (secondary N) is 1. The summed E-state index contributed by atoms with van der Waals surface area (Å²) < 4.78 is 26.5. The topological polar surface area (TPSA) is 108 Å². The Balaban J connectivity index is 1.71. The molecule has 1 N–H and O–H groups in total. The number of hydrogen-bond donors (Lipinski definition) is 1. The average Bonchev–Trinajstić information content (AvgIpc) is 3.17. The summed E-state index contributed by atoms with van der Waals surface area (Å²) in [4.78, 5) is 7.35. The van der Waals surface area contributed by atoms with E-state index in [0.717, 1.165) is 22.2 Å². The standard InChI is InChI=1S/C16H16N6O2S/c1-25(23,24)21-10-16(11-21,4-5-17)22-9-12(8-20-22)13-2-6-18-15-14(13)3-7-19-15/h2-3,6-9H,4,10-11H2,1H3,(H,18,19). The molecule has 0 bridgehead atoms. The Bertz CT molecular complexity index is 1090. The number of pyridine rings is 1. The molecule has 0 saturated carbocycles. The number of hydrogen-bond acceptors (Lipinski definition) is 5. The Morgan fingerprint density at radius 3 is 2.92 bits per heavy atom. The lowest BCUT2D eigenvalue weighted by molar-refractivity contribution is 0.0724. The summed E-state index contributed by atoms with van der Waals surface area (Å²) in [5, 5.41) is 14.6. The number of aromatic amines is 1. The van der Waals surface area contributed by atoms with Gasteiger partial charge in [0.25, 0.3) is 0 Å². The first-order chi connectivity index (χ1) is 11.9. The van der Waals surface area contributed by atoms with Crippen LogP contribution in [0.2, 0.25) is 0 Å². The van der Waals surface area contributed by atoms with Crippen LogP contribution in [-0.2, 0) is 15.6 Å². The molecular weight excluding hydrogens is 340 g/mol. The van der Waals surface area contributed by atoms with Gasteiger partial charge in [0.15, 0.2) is 0 Å². The van der Waals surface area contributed by atoms with Crippen LogP contribution in [0.15, 0.2) is 36.9 Å². The largest absolute Gasteiger partial charge is 0.346 e. The summed E-state index contributed by atoms with van der Waals surface area (Å²) in [5.41, 5.74) is 2.08. The van der Waals surface area contributed by atoms with Crippen LogP contribution in [0.5, 0.6) is 0 Å². The summed E-state index contributed by atoms with van der Waals surface area (Å²) in [5.74, 6) is 0. The lowest BCUT2D eigenvalue weighted by Crippen LogP contribution is -2.63. The third-order valence-corrected chi connectivity index (χ3v) is 5.85. The first-order valence-electron chi connectivity index (χ1n) is 7.73. The molecule has 1 aliphatic rings. The molecule has 3 aromatic heterocycles. The van der Waals surface area contributed by atoms with Crippen molar-refractivity contribution in [3.05, 3.63) is 36.9 Å². The van der Waals surface area contributed by atoms with Crippen LogP contribution in [0, 0.1) is 11.3 Å². The molecule has 3 aromatic rings. The fraction of sp³-hybridized carbons (Fsp3) is 0.312. The highest BCUT2D eigenvalue weighted by atomic mass is 32.2. The Hall–Kier alpha value is -2.70. The highest BCUT2D eigenvalue weighted by Gasteiger charge is 2.49. The van der Waals surface area contributed by atoms with Crippen molar-refractivity contribution in [2.45, 2.75) is 12.0 Å². The first kappa shape index (κ1) is 15.8. The molecule has 4 heterocycles. The second kappa shape index (κ2) is 5.40. The minimum Gasteiger partial charge on any atom is -0.346 e. The van der Waals surface area contributed by atoms with Crippen molar-refractivity contribution in [1.82, 2.24) is 24.1 Å². The lowest BCUT2D eigenvalue weighted by atomic mass is 9.89. The number of H-pyrrole nitrogens is 1. The second-order valence-electron chi connectivity index (χ2n) is 6.36. The summed E-state index contributed by atoms with van der Waals surface area (Å²) >= 11 is 0. The summed E-state index contributed by atoms with van der Waals surface area (Å²) in [7, 11) is -3.26. The van der Waals surface area contributed by atoms with Crippen LogP contribution in [-0.4, -0.2) is 51.8 Å². The van der Waals surface area contributed by atoms with E-state index in [9.17, 15) is 13.7 Å². The highest BCUT2D eigenvalue weighted by Crippen LogP contribution is 2.35. The average molecular weight is 356 g/mol. The molecule has 1 saturated heterocycles. The molecule has 4 rings (SSSR count). The zero-order valence-corrected chi connectivity index (χ0v) is 14.4. The molecule has 0 atom stereocenters. The maximum Gasteiger partial charge on any atom is 0.211 e. The molecule has 0 aliphatic carbocycles. The van der Waals surface area contributed by atoms with Crippen molar-refractivity contribution < 1.29 is 8.42 Å². The van der Waals surface area contributed by atoms with E-state index in [4.69, 9.17) is 0 Å². The molecule has 25 heavy (non-hydrogen) atoms. The van der Waals surface area contributed by atoms with E-state index >= 15 is 0 Å². The number of aromatic nitrogens is 4. The third kappa shape index (κ3) is 2.50. The number of sulfonamides is 1. The maximum atomic E-state index is 11.7. The minimum absolute atomic E-state index is 0.204. The zero-order valence-electron chi connectivity index (χ0n) is 13.5. The molecule has 9 heteroatoms. The SMILES string of the molecule is CS(=O)(=O)N1CC(CC#N)(n2cc(-c3ccnc4[nH]ccc34)cn2)C1. The van der Waals surface area contributed by atoms with Crippen molar-refractivity contribution in [1.29, 1.82) is 5.26 Å². The molecule has 0 aromatic carbocycles. The number of nitriles is 1.